The van der Waals surface area contributed by atoms with Crippen molar-refractivity contribution < 1.29 is 19.4 Å². The van der Waals surface area contributed by atoms with E-state index in [4.69, 9.17) is 9.84 Å². The minimum Gasteiger partial charge on any atom is -0.479 e. The predicted octanol–water partition coefficient (Wildman–Crippen LogP) is 1.02. The van der Waals surface area contributed by atoms with E-state index in [9.17, 15) is 9.59 Å². The minimum absolute atomic E-state index is 0.0359. The Morgan fingerprint density at radius 1 is 1.06 bits per heavy atom. The highest BCUT2D eigenvalue weighted by molar-refractivity contribution is 5.83. The highest BCUT2D eigenvalue weighted by Gasteiger charge is 2.40. The molecule has 2 heterocycles. The van der Waals surface area contributed by atoms with Crippen molar-refractivity contribution in [3.63, 3.8) is 0 Å². The third-order valence-corrected chi connectivity index (χ3v) is 3.78. The van der Waals surface area contributed by atoms with Gasteiger partial charge >= 0.3 is 5.97 Å². The average Bonchev–Trinajstić information content (AvgIpc) is 2.85. The maximum atomic E-state index is 12.2. The monoisotopic (exact) mass is 241 g/mol. The molecule has 2 aliphatic heterocycles. The molecular formula is C12H19NO4. The van der Waals surface area contributed by atoms with E-state index in [2.05, 4.69) is 0 Å². The van der Waals surface area contributed by atoms with Crippen molar-refractivity contribution in [3.8, 4) is 0 Å². The highest BCUT2D eigenvalue weighted by Crippen LogP contribution is 2.28. The van der Waals surface area contributed by atoms with Crippen molar-refractivity contribution in [2.45, 2.75) is 63.8 Å². The smallest absolute Gasteiger partial charge is 0.332 e. The first kappa shape index (κ1) is 12.4. The minimum atomic E-state index is -0.970. The first-order valence-corrected chi connectivity index (χ1v) is 6.21. The van der Waals surface area contributed by atoms with Crippen LogP contribution in [-0.2, 0) is 14.3 Å². The molecule has 0 spiro atoms. The Morgan fingerprint density at radius 3 is 2.06 bits per heavy atom. The molecule has 2 aliphatic rings. The zero-order chi connectivity index (χ0) is 12.6. The van der Waals surface area contributed by atoms with Crippen LogP contribution in [0.15, 0.2) is 0 Å². The van der Waals surface area contributed by atoms with Crippen LogP contribution in [0.3, 0.4) is 0 Å². The van der Waals surface area contributed by atoms with E-state index in [1.165, 1.54) is 0 Å². The quantitative estimate of drug-likeness (QED) is 0.783. The summed E-state index contributed by atoms with van der Waals surface area (Å²) in [5.41, 5.74) is 0. The van der Waals surface area contributed by atoms with Gasteiger partial charge in [-0.1, -0.05) is 0 Å². The zero-order valence-electron chi connectivity index (χ0n) is 10.3. The summed E-state index contributed by atoms with van der Waals surface area (Å²) in [6, 6.07) is 0.481. The third-order valence-electron chi connectivity index (χ3n) is 3.78. The standard InChI is InChI=1S/C12H19NO4/c1-7-3-4-8(2)13(7)11(14)9-5-6-10(17-9)12(15)16/h7-10H,3-6H2,1-2H3,(H,15,16)/t7?,8?,9-,10+/m0/s1. The summed E-state index contributed by atoms with van der Waals surface area (Å²) < 4.78 is 5.30. The molecule has 0 bridgehead atoms. The number of carbonyl (C=O) groups excluding carboxylic acids is 1. The molecule has 0 aromatic rings. The Hall–Kier alpha value is -1.10. The first-order valence-electron chi connectivity index (χ1n) is 6.21. The fraction of sp³-hybridized carbons (Fsp3) is 0.833. The summed E-state index contributed by atoms with van der Waals surface area (Å²) in [6.07, 6.45) is 1.62. The summed E-state index contributed by atoms with van der Waals surface area (Å²) in [6.45, 7) is 4.07. The predicted molar refractivity (Wildman–Crippen MR) is 60.5 cm³/mol. The van der Waals surface area contributed by atoms with Crippen molar-refractivity contribution in [1.29, 1.82) is 0 Å². The lowest BCUT2D eigenvalue weighted by atomic mass is 10.1. The molecule has 0 saturated carbocycles. The molecule has 2 unspecified atom stereocenters. The number of carbonyl (C=O) groups is 2. The summed E-state index contributed by atoms with van der Waals surface area (Å²) in [7, 11) is 0. The Labute approximate surface area is 101 Å². The van der Waals surface area contributed by atoms with Crippen LogP contribution >= 0.6 is 0 Å². The van der Waals surface area contributed by atoms with Crippen molar-refractivity contribution in [3.05, 3.63) is 0 Å². The van der Waals surface area contributed by atoms with Crippen LogP contribution in [0.1, 0.15) is 39.5 Å². The van der Waals surface area contributed by atoms with Crippen molar-refractivity contribution in [2.24, 2.45) is 0 Å². The second kappa shape index (κ2) is 4.64. The normalized spacial score (nSPS) is 37.4. The summed E-state index contributed by atoms with van der Waals surface area (Å²) in [5, 5.41) is 8.83. The van der Waals surface area contributed by atoms with Gasteiger partial charge in [-0.2, -0.15) is 0 Å². The molecule has 1 amide bonds. The molecule has 0 aromatic heterocycles. The molecule has 5 heteroatoms. The number of amides is 1. The van der Waals surface area contributed by atoms with Gasteiger partial charge in [0.1, 0.15) is 6.10 Å². The third kappa shape index (κ3) is 2.29. The molecule has 1 N–H and O–H groups in total. The fourth-order valence-electron chi connectivity index (χ4n) is 2.80. The molecule has 0 aromatic carbocycles. The van der Waals surface area contributed by atoms with Gasteiger partial charge in [0.2, 0.25) is 0 Å². The van der Waals surface area contributed by atoms with Gasteiger partial charge < -0.3 is 14.7 Å². The number of hydrogen-bond donors (Lipinski definition) is 1. The van der Waals surface area contributed by atoms with Crippen LogP contribution in [0.5, 0.6) is 0 Å². The van der Waals surface area contributed by atoms with Crippen LogP contribution in [0.25, 0.3) is 0 Å². The number of ether oxygens (including phenoxy) is 1. The van der Waals surface area contributed by atoms with E-state index >= 15 is 0 Å². The molecule has 96 valence electrons. The molecule has 0 aliphatic carbocycles. The second-order valence-electron chi connectivity index (χ2n) is 5.05. The van der Waals surface area contributed by atoms with Crippen molar-refractivity contribution in [1.82, 2.24) is 4.90 Å². The molecule has 17 heavy (non-hydrogen) atoms. The van der Waals surface area contributed by atoms with E-state index in [1.807, 2.05) is 18.7 Å². The SMILES string of the molecule is CC1CCC(C)N1C(=O)[C@@H]1CC[C@H](C(=O)O)O1. The lowest BCUT2D eigenvalue weighted by molar-refractivity contribution is -0.155. The first-order chi connectivity index (χ1) is 8.00. The van der Waals surface area contributed by atoms with E-state index in [-0.39, 0.29) is 18.0 Å². The maximum Gasteiger partial charge on any atom is 0.332 e. The van der Waals surface area contributed by atoms with Crippen LogP contribution in [0.2, 0.25) is 0 Å². The van der Waals surface area contributed by atoms with E-state index in [1.54, 1.807) is 0 Å². The van der Waals surface area contributed by atoms with Crippen LogP contribution in [0.4, 0.5) is 0 Å². The van der Waals surface area contributed by atoms with Crippen molar-refractivity contribution >= 4 is 11.9 Å². The van der Waals surface area contributed by atoms with Gasteiger partial charge in [0.25, 0.3) is 5.91 Å². The summed E-state index contributed by atoms with van der Waals surface area (Å²) in [4.78, 5) is 24.9. The molecule has 2 rings (SSSR count). The van der Waals surface area contributed by atoms with Gasteiger partial charge in [-0.05, 0) is 39.5 Å². The molecule has 5 nitrogen and oxygen atoms in total. The van der Waals surface area contributed by atoms with Gasteiger partial charge in [-0.25, -0.2) is 4.79 Å². The van der Waals surface area contributed by atoms with Gasteiger partial charge in [0.15, 0.2) is 6.10 Å². The Balaban J connectivity index is 1.99. The Kier molecular flexibility index (Phi) is 3.38. The van der Waals surface area contributed by atoms with Gasteiger partial charge in [-0.3, -0.25) is 4.79 Å². The van der Waals surface area contributed by atoms with E-state index < -0.39 is 18.2 Å². The van der Waals surface area contributed by atoms with E-state index in [0.717, 1.165) is 12.8 Å². The fourth-order valence-corrected chi connectivity index (χ4v) is 2.80. The van der Waals surface area contributed by atoms with E-state index in [0.29, 0.717) is 12.8 Å². The van der Waals surface area contributed by atoms with Gasteiger partial charge in [0, 0.05) is 12.1 Å². The topological polar surface area (TPSA) is 66.8 Å². The summed E-state index contributed by atoms with van der Waals surface area (Å²) >= 11 is 0. The molecule has 2 saturated heterocycles. The maximum absolute atomic E-state index is 12.2. The molecular weight excluding hydrogens is 222 g/mol. The van der Waals surface area contributed by atoms with Crippen LogP contribution in [-0.4, -0.2) is 46.2 Å². The summed E-state index contributed by atoms with van der Waals surface area (Å²) in [5.74, 6) is -1.01. The van der Waals surface area contributed by atoms with Crippen molar-refractivity contribution in [2.75, 3.05) is 0 Å². The highest BCUT2D eigenvalue weighted by atomic mass is 16.5. The lowest BCUT2D eigenvalue weighted by Gasteiger charge is -2.28. The van der Waals surface area contributed by atoms with Gasteiger partial charge in [-0.15, -0.1) is 0 Å². The Morgan fingerprint density at radius 2 is 1.59 bits per heavy atom. The zero-order valence-corrected chi connectivity index (χ0v) is 10.3. The Bertz CT molecular complexity index is 320. The molecule has 2 fully saturated rings. The molecule has 0 radical (unpaired) electrons. The van der Waals surface area contributed by atoms with Gasteiger partial charge in [0.05, 0.1) is 0 Å². The lowest BCUT2D eigenvalue weighted by Crippen LogP contribution is -2.44. The number of nitrogens with zero attached hydrogens (tertiary/aromatic N) is 1. The number of hydrogen-bond acceptors (Lipinski definition) is 3. The number of rotatable bonds is 2. The number of likely N-dealkylation sites (tertiary alicyclic amines) is 1. The number of aliphatic carboxylic acids is 1. The van der Waals surface area contributed by atoms with Crippen LogP contribution < -0.4 is 0 Å². The number of carboxylic acid groups (broad SMARTS) is 1. The largest absolute Gasteiger partial charge is 0.479 e. The molecule has 4 atom stereocenters. The second-order valence-corrected chi connectivity index (χ2v) is 5.05. The average molecular weight is 241 g/mol. The number of carboxylic acids is 1. The van der Waals surface area contributed by atoms with Crippen LogP contribution in [0, 0.1) is 0 Å².